The first kappa shape index (κ1) is 10.4. The summed E-state index contributed by atoms with van der Waals surface area (Å²) in [5.74, 6) is 0. The molecule has 2 rings (SSSR count). The molecule has 2 heterocycles. The molecular formula is C8H17N3O2S. The van der Waals surface area contributed by atoms with Crippen LogP contribution in [0.15, 0.2) is 0 Å². The summed E-state index contributed by atoms with van der Waals surface area (Å²) >= 11 is 0. The summed E-state index contributed by atoms with van der Waals surface area (Å²) in [4.78, 5) is 0. The van der Waals surface area contributed by atoms with Crippen LogP contribution in [0.4, 0.5) is 0 Å². The summed E-state index contributed by atoms with van der Waals surface area (Å²) in [6, 6.07) is 0.252. The topological polar surface area (TPSA) is 52.6 Å². The van der Waals surface area contributed by atoms with E-state index < -0.39 is 10.2 Å². The molecule has 0 bridgehead atoms. The maximum Gasteiger partial charge on any atom is 0.282 e. The molecule has 1 N–H and O–H groups in total. The summed E-state index contributed by atoms with van der Waals surface area (Å²) < 4.78 is 27.2. The molecule has 2 aliphatic heterocycles. The molecule has 0 aromatic carbocycles. The highest BCUT2D eigenvalue weighted by Crippen LogP contribution is 2.23. The third kappa shape index (κ3) is 1.46. The highest BCUT2D eigenvalue weighted by Gasteiger charge is 2.43. The normalized spacial score (nSPS) is 29.6. The van der Waals surface area contributed by atoms with Crippen LogP contribution in [0.1, 0.15) is 13.8 Å². The summed E-state index contributed by atoms with van der Waals surface area (Å²) in [7, 11) is -3.16. The van der Waals surface area contributed by atoms with Gasteiger partial charge >= 0.3 is 0 Å². The fourth-order valence-corrected chi connectivity index (χ4v) is 3.89. The Morgan fingerprint density at radius 2 is 1.93 bits per heavy atom. The van der Waals surface area contributed by atoms with Crippen molar-refractivity contribution in [2.45, 2.75) is 25.9 Å². The van der Waals surface area contributed by atoms with Gasteiger partial charge < -0.3 is 5.32 Å². The van der Waals surface area contributed by atoms with Gasteiger partial charge in [0.25, 0.3) is 10.2 Å². The van der Waals surface area contributed by atoms with Gasteiger partial charge in [0.1, 0.15) is 0 Å². The second-order valence-corrected chi connectivity index (χ2v) is 5.97. The van der Waals surface area contributed by atoms with E-state index in [9.17, 15) is 8.42 Å². The third-order valence-electron chi connectivity index (χ3n) is 2.88. The van der Waals surface area contributed by atoms with Gasteiger partial charge in [-0.15, -0.1) is 0 Å². The minimum atomic E-state index is -3.16. The van der Waals surface area contributed by atoms with Crippen LogP contribution in [-0.4, -0.2) is 55.3 Å². The van der Waals surface area contributed by atoms with E-state index in [4.69, 9.17) is 0 Å². The van der Waals surface area contributed by atoms with E-state index in [0.717, 1.165) is 13.1 Å². The third-order valence-corrected chi connectivity index (χ3v) is 5.15. The van der Waals surface area contributed by atoms with Gasteiger partial charge in [0.2, 0.25) is 0 Å². The minimum absolute atomic E-state index is 0.0676. The predicted octanol–water partition coefficient (Wildman–Crippen LogP) is -0.771. The van der Waals surface area contributed by atoms with Crippen LogP contribution in [0.3, 0.4) is 0 Å². The van der Waals surface area contributed by atoms with E-state index >= 15 is 0 Å². The maximum absolute atomic E-state index is 12.0. The van der Waals surface area contributed by atoms with E-state index in [1.807, 2.05) is 13.8 Å². The van der Waals surface area contributed by atoms with Crippen LogP contribution in [0.5, 0.6) is 0 Å². The smallest absolute Gasteiger partial charge is 0.282 e. The van der Waals surface area contributed by atoms with Crippen LogP contribution < -0.4 is 5.32 Å². The van der Waals surface area contributed by atoms with Crippen molar-refractivity contribution in [3.63, 3.8) is 0 Å². The van der Waals surface area contributed by atoms with Crippen molar-refractivity contribution in [3.05, 3.63) is 0 Å². The van der Waals surface area contributed by atoms with Crippen molar-refractivity contribution < 1.29 is 8.42 Å². The van der Waals surface area contributed by atoms with Gasteiger partial charge in [-0.2, -0.15) is 17.0 Å². The lowest BCUT2D eigenvalue weighted by molar-refractivity contribution is 0.258. The van der Waals surface area contributed by atoms with E-state index in [-0.39, 0.29) is 12.1 Å². The Hall–Kier alpha value is -0.170. The van der Waals surface area contributed by atoms with Gasteiger partial charge in [-0.25, -0.2) is 0 Å². The van der Waals surface area contributed by atoms with Crippen LogP contribution in [-0.2, 0) is 10.2 Å². The average Bonchev–Trinajstić information content (AvgIpc) is 2.24. The molecule has 0 amide bonds. The SMILES string of the molecule is CC(C)N1CCN(C2CNC2)S1(=O)=O. The molecule has 2 saturated heterocycles. The van der Waals surface area contributed by atoms with E-state index in [1.54, 1.807) is 8.61 Å². The van der Waals surface area contributed by atoms with Crippen molar-refractivity contribution in [1.82, 2.24) is 13.9 Å². The Balaban J connectivity index is 2.16. The molecule has 5 nitrogen and oxygen atoms in total. The highest BCUT2D eigenvalue weighted by atomic mass is 32.2. The molecule has 2 fully saturated rings. The molecular weight excluding hydrogens is 202 g/mol. The highest BCUT2D eigenvalue weighted by molar-refractivity contribution is 7.87. The molecule has 82 valence electrons. The summed E-state index contributed by atoms with van der Waals surface area (Å²) in [6.07, 6.45) is 0. The molecule has 0 aromatic heterocycles. The van der Waals surface area contributed by atoms with Gasteiger partial charge in [0.15, 0.2) is 0 Å². The van der Waals surface area contributed by atoms with Gasteiger partial charge in [0.05, 0.1) is 6.04 Å². The average molecular weight is 219 g/mol. The van der Waals surface area contributed by atoms with Crippen molar-refractivity contribution >= 4 is 10.2 Å². The van der Waals surface area contributed by atoms with Crippen LogP contribution in [0, 0.1) is 0 Å². The molecule has 0 atom stereocenters. The van der Waals surface area contributed by atoms with Gasteiger partial charge in [-0.1, -0.05) is 0 Å². The number of nitrogens with zero attached hydrogens (tertiary/aromatic N) is 2. The lowest BCUT2D eigenvalue weighted by Crippen LogP contribution is -2.58. The summed E-state index contributed by atoms with van der Waals surface area (Å²) in [5, 5.41) is 3.10. The lowest BCUT2D eigenvalue weighted by atomic mass is 10.2. The Labute approximate surface area is 85.2 Å². The molecule has 0 aromatic rings. The van der Waals surface area contributed by atoms with Crippen LogP contribution >= 0.6 is 0 Å². The molecule has 0 spiro atoms. The van der Waals surface area contributed by atoms with Crippen molar-refractivity contribution in [2.75, 3.05) is 26.2 Å². The standard InChI is InChI=1S/C8H17N3O2S/c1-7(2)10-3-4-11(14(10,12)13)8-5-9-6-8/h7-9H,3-6H2,1-2H3. The molecule has 0 saturated carbocycles. The van der Waals surface area contributed by atoms with Crippen molar-refractivity contribution in [2.24, 2.45) is 0 Å². The zero-order valence-electron chi connectivity index (χ0n) is 8.60. The number of nitrogens with one attached hydrogen (secondary N) is 1. The zero-order chi connectivity index (χ0) is 10.3. The summed E-state index contributed by atoms with van der Waals surface area (Å²) in [5.41, 5.74) is 0. The van der Waals surface area contributed by atoms with Crippen molar-refractivity contribution in [1.29, 1.82) is 0 Å². The first-order valence-corrected chi connectivity index (χ1v) is 6.42. The molecule has 0 radical (unpaired) electrons. The monoisotopic (exact) mass is 219 g/mol. The quantitative estimate of drug-likeness (QED) is 0.663. The number of hydrogen-bond donors (Lipinski definition) is 1. The van der Waals surface area contributed by atoms with E-state index in [2.05, 4.69) is 5.32 Å². The lowest BCUT2D eigenvalue weighted by Gasteiger charge is -2.34. The molecule has 0 aliphatic carbocycles. The Bertz CT molecular complexity index is 311. The Morgan fingerprint density at radius 1 is 1.29 bits per heavy atom. The predicted molar refractivity (Wildman–Crippen MR) is 54.1 cm³/mol. The van der Waals surface area contributed by atoms with E-state index in [1.165, 1.54) is 0 Å². The minimum Gasteiger partial charge on any atom is -0.313 e. The fraction of sp³-hybridized carbons (Fsp3) is 1.00. The van der Waals surface area contributed by atoms with Crippen LogP contribution in [0.25, 0.3) is 0 Å². The van der Waals surface area contributed by atoms with Gasteiger partial charge in [-0.3, -0.25) is 0 Å². The molecule has 0 unspecified atom stereocenters. The van der Waals surface area contributed by atoms with E-state index in [0.29, 0.717) is 13.1 Å². The largest absolute Gasteiger partial charge is 0.313 e. The second kappa shape index (κ2) is 3.44. The molecule has 6 heteroatoms. The molecule has 2 aliphatic rings. The maximum atomic E-state index is 12.0. The fourth-order valence-electron chi connectivity index (χ4n) is 1.94. The number of hydrogen-bond acceptors (Lipinski definition) is 3. The first-order valence-electron chi connectivity index (χ1n) is 5.03. The van der Waals surface area contributed by atoms with Crippen LogP contribution in [0.2, 0.25) is 0 Å². The van der Waals surface area contributed by atoms with Gasteiger partial charge in [-0.05, 0) is 13.8 Å². The summed E-state index contributed by atoms with van der Waals surface area (Å²) in [6.45, 7) is 6.71. The van der Waals surface area contributed by atoms with Gasteiger partial charge in [0, 0.05) is 32.2 Å². The second-order valence-electron chi connectivity index (χ2n) is 4.14. The number of rotatable bonds is 2. The Morgan fingerprint density at radius 3 is 2.29 bits per heavy atom. The zero-order valence-corrected chi connectivity index (χ0v) is 9.42. The Kier molecular flexibility index (Phi) is 2.55. The van der Waals surface area contributed by atoms with Crippen molar-refractivity contribution in [3.8, 4) is 0 Å². The molecule has 14 heavy (non-hydrogen) atoms. The first-order chi connectivity index (χ1) is 6.53.